The average Bonchev–Trinajstić information content (AvgIpc) is 2.17. The molecular formula is C9H7F2N3O2. The summed E-state index contributed by atoms with van der Waals surface area (Å²) in [6.07, 6.45) is -2.28. The molecule has 0 bridgehead atoms. The van der Waals surface area contributed by atoms with Crippen molar-refractivity contribution in [3.8, 4) is 6.07 Å². The van der Waals surface area contributed by atoms with E-state index in [0.29, 0.717) is 0 Å². The summed E-state index contributed by atoms with van der Waals surface area (Å²) in [5.41, 5.74) is -1.23. The van der Waals surface area contributed by atoms with Crippen molar-refractivity contribution in [1.82, 2.24) is 4.98 Å². The first-order chi connectivity index (χ1) is 7.49. The summed E-state index contributed by atoms with van der Waals surface area (Å²) < 4.78 is 25.4. The zero-order valence-corrected chi connectivity index (χ0v) is 8.28. The highest BCUT2D eigenvalue weighted by molar-refractivity contribution is 5.45. The molecule has 5 nitrogen and oxygen atoms in total. The van der Waals surface area contributed by atoms with E-state index in [4.69, 9.17) is 5.26 Å². The SMILES string of the molecule is Cc1c([N+](=O)[O-])cnc(CC#N)c1C(F)F. The minimum absolute atomic E-state index is 0.111. The Hall–Kier alpha value is -2.10. The van der Waals surface area contributed by atoms with Crippen molar-refractivity contribution in [2.24, 2.45) is 0 Å². The van der Waals surface area contributed by atoms with Crippen LogP contribution in [0.25, 0.3) is 0 Å². The van der Waals surface area contributed by atoms with E-state index in [0.717, 1.165) is 6.20 Å². The molecule has 16 heavy (non-hydrogen) atoms. The maximum atomic E-state index is 12.7. The number of halogens is 2. The summed E-state index contributed by atoms with van der Waals surface area (Å²) in [5, 5.41) is 18.9. The van der Waals surface area contributed by atoms with Crippen molar-refractivity contribution in [2.45, 2.75) is 19.8 Å². The fourth-order valence-corrected chi connectivity index (χ4v) is 1.35. The van der Waals surface area contributed by atoms with Crippen molar-refractivity contribution >= 4 is 5.69 Å². The summed E-state index contributed by atoms with van der Waals surface area (Å²) in [6.45, 7) is 1.22. The Morgan fingerprint density at radius 1 is 1.69 bits per heavy atom. The summed E-state index contributed by atoms with van der Waals surface area (Å²) in [7, 11) is 0. The average molecular weight is 227 g/mol. The summed E-state index contributed by atoms with van der Waals surface area (Å²) in [4.78, 5) is 13.3. The molecule has 0 radical (unpaired) electrons. The molecule has 0 atom stereocenters. The number of alkyl halides is 2. The van der Waals surface area contributed by atoms with Gasteiger partial charge in [-0.25, -0.2) is 8.78 Å². The highest BCUT2D eigenvalue weighted by atomic mass is 19.3. The van der Waals surface area contributed by atoms with Gasteiger partial charge in [0.2, 0.25) is 0 Å². The number of pyridine rings is 1. The van der Waals surface area contributed by atoms with Gasteiger partial charge in [-0.15, -0.1) is 0 Å². The van der Waals surface area contributed by atoms with Gasteiger partial charge in [-0.05, 0) is 6.92 Å². The number of rotatable bonds is 3. The topological polar surface area (TPSA) is 79.8 Å². The molecule has 0 fully saturated rings. The van der Waals surface area contributed by atoms with Gasteiger partial charge in [-0.3, -0.25) is 15.1 Å². The van der Waals surface area contributed by atoms with Gasteiger partial charge in [-0.1, -0.05) is 0 Å². The Bertz CT molecular complexity index is 469. The monoisotopic (exact) mass is 227 g/mol. The van der Waals surface area contributed by atoms with Crippen molar-refractivity contribution < 1.29 is 13.7 Å². The number of aromatic nitrogens is 1. The van der Waals surface area contributed by atoms with Crippen LogP contribution < -0.4 is 0 Å². The van der Waals surface area contributed by atoms with Crippen LogP contribution in [0.1, 0.15) is 23.2 Å². The molecule has 0 unspecified atom stereocenters. The van der Waals surface area contributed by atoms with Crippen LogP contribution in [0.5, 0.6) is 0 Å². The highest BCUT2D eigenvalue weighted by Gasteiger charge is 2.24. The van der Waals surface area contributed by atoms with Gasteiger partial charge in [0, 0.05) is 5.56 Å². The quantitative estimate of drug-likeness (QED) is 0.586. The number of nitro groups is 1. The van der Waals surface area contributed by atoms with Crippen LogP contribution in [0, 0.1) is 28.4 Å². The molecular weight excluding hydrogens is 220 g/mol. The molecule has 0 N–H and O–H groups in total. The molecule has 0 saturated heterocycles. The highest BCUT2D eigenvalue weighted by Crippen LogP contribution is 2.30. The maximum Gasteiger partial charge on any atom is 0.290 e. The Labute approximate surface area is 89.5 Å². The molecule has 0 aliphatic rings. The lowest BCUT2D eigenvalue weighted by Gasteiger charge is -2.08. The second-order valence-electron chi connectivity index (χ2n) is 3.02. The van der Waals surface area contributed by atoms with E-state index in [2.05, 4.69) is 4.98 Å². The molecule has 0 amide bonds. The van der Waals surface area contributed by atoms with E-state index in [-0.39, 0.29) is 17.7 Å². The number of hydrogen-bond acceptors (Lipinski definition) is 4. The molecule has 0 aliphatic heterocycles. The number of hydrogen-bond donors (Lipinski definition) is 0. The van der Waals surface area contributed by atoms with Gasteiger partial charge in [0.15, 0.2) is 0 Å². The molecule has 1 aromatic rings. The number of nitrogens with zero attached hydrogens (tertiary/aromatic N) is 3. The first-order valence-corrected chi connectivity index (χ1v) is 4.27. The van der Waals surface area contributed by atoms with E-state index < -0.39 is 22.6 Å². The van der Waals surface area contributed by atoms with Crippen LogP contribution >= 0.6 is 0 Å². The maximum absolute atomic E-state index is 12.7. The molecule has 84 valence electrons. The van der Waals surface area contributed by atoms with E-state index in [1.165, 1.54) is 6.92 Å². The zero-order valence-electron chi connectivity index (χ0n) is 8.28. The summed E-state index contributed by atoms with van der Waals surface area (Å²) in [6, 6.07) is 1.69. The zero-order chi connectivity index (χ0) is 12.3. The van der Waals surface area contributed by atoms with E-state index in [1.54, 1.807) is 6.07 Å². The lowest BCUT2D eigenvalue weighted by Crippen LogP contribution is -2.04. The predicted octanol–water partition coefficient (Wildman–Crippen LogP) is 2.30. The normalized spacial score (nSPS) is 10.2. The largest absolute Gasteiger partial charge is 0.290 e. The molecule has 1 heterocycles. The Balaban J connectivity index is 3.42. The molecule has 0 aromatic carbocycles. The van der Waals surface area contributed by atoms with Crippen LogP contribution in [0.3, 0.4) is 0 Å². The fourth-order valence-electron chi connectivity index (χ4n) is 1.35. The van der Waals surface area contributed by atoms with Crippen molar-refractivity contribution in [2.75, 3.05) is 0 Å². The third-order valence-electron chi connectivity index (χ3n) is 2.10. The molecule has 0 spiro atoms. The van der Waals surface area contributed by atoms with Gasteiger partial charge in [0.25, 0.3) is 12.1 Å². The third-order valence-corrected chi connectivity index (χ3v) is 2.10. The first kappa shape index (κ1) is 12.0. The van der Waals surface area contributed by atoms with Gasteiger partial charge in [0.1, 0.15) is 6.20 Å². The molecule has 7 heteroatoms. The first-order valence-electron chi connectivity index (χ1n) is 4.27. The lowest BCUT2D eigenvalue weighted by atomic mass is 10.0. The molecule has 0 aliphatic carbocycles. The molecule has 0 saturated carbocycles. The smallest absolute Gasteiger partial charge is 0.258 e. The lowest BCUT2D eigenvalue weighted by molar-refractivity contribution is -0.385. The third kappa shape index (κ3) is 2.11. The van der Waals surface area contributed by atoms with Crippen molar-refractivity contribution in [3.63, 3.8) is 0 Å². The van der Waals surface area contributed by atoms with Gasteiger partial charge >= 0.3 is 0 Å². The van der Waals surface area contributed by atoms with Gasteiger partial charge in [-0.2, -0.15) is 5.26 Å². The van der Waals surface area contributed by atoms with Crippen LogP contribution in [0.2, 0.25) is 0 Å². The number of nitriles is 1. The second-order valence-corrected chi connectivity index (χ2v) is 3.02. The van der Waals surface area contributed by atoms with E-state index >= 15 is 0 Å². The molecule has 1 aromatic heterocycles. The van der Waals surface area contributed by atoms with E-state index in [9.17, 15) is 18.9 Å². The summed E-state index contributed by atoms with van der Waals surface area (Å²) in [5.74, 6) is 0. The Kier molecular flexibility index (Phi) is 3.45. The Morgan fingerprint density at radius 3 is 2.75 bits per heavy atom. The fraction of sp³-hybridized carbons (Fsp3) is 0.333. The molecule has 1 rings (SSSR count). The van der Waals surface area contributed by atoms with Crippen LogP contribution in [0.4, 0.5) is 14.5 Å². The van der Waals surface area contributed by atoms with Crippen molar-refractivity contribution in [1.29, 1.82) is 5.26 Å². The second kappa shape index (κ2) is 4.61. The van der Waals surface area contributed by atoms with E-state index in [1.807, 2.05) is 0 Å². The standard InChI is InChI=1S/C9H7F2N3O2/c1-5-7(14(15)16)4-13-6(2-3-12)8(5)9(10)11/h4,9H,2H2,1H3. The van der Waals surface area contributed by atoms with Gasteiger partial charge in [0.05, 0.1) is 28.7 Å². The van der Waals surface area contributed by atoms with Crippen LogP contribution in [-0.4, -0.2) is 9.91 Å². The van der Waals surface area contributed by atoms with Crippen LogP contribution in [-0.2, 0) is 6.42 Å². The van der Waals surface area contributed by atoms with Crippen LogP contribution in [0.15, 0.2) is 6.20 Å². The van der Waals surface area contributed by atoms with Crippen molar-refractivity contribution in [3.05, 3.63) is 33.1 Å². The Morgan fingerprint density at radius 2 is 2.31 bits per heavy atom. The van der Waals surface area contributed by atoms with Gasteiger partial charge < -0.3 is 0 Å². The predicted molar refractivity (Wildman–Crippen MR) is 49.9 cm³/mol. The minimum atomic E-state index is -2.88. The minimum Gasteiger partial charge on any atom is -0.258 e. The summed E-state index contributed by atoms with van der Waals surface area (Å²) >= 11 is 0.